The maximum Gasteiger partial charge on any atom is 0.261 e. The molecular weight excluding hydrogens is 366 g/mol. The van der Waals surface area contributed by atoms with E-state index in [-0.39, 0.29) is 36.8 Å². The van der Waals surface area contributed by atoms with E-state index in [4.69, 9.17) is 16.3 Å². The Labute approximate surface area is 157 Å². The van der Waals surface area contributed by atoms with Gasteiger partial charge in [-0.05, 0) is 35.9 Å². The van der Waals surface area contributed by atoms with E-state index in [1.54, 1.807) is 35.2 Å². The quantitative estimate of drug-likeness (QED) is 0.877. The Hall–Kier alpha value is -1.82. The van der Waals surface area contributed by atoms with Gasteiger partial charge in [0, 0.05) is 24.7 Å². The monoisotopic (exact) mass is 384 g/mol. The Balaban J connectivity index is 0.00000225. The second-order valence-electron chi connectivity index (χ2n) is 5.61. The molecule has 4 nitrogen and oxygen atoms in total. The molecule has 25 heavy (non-hydrogen) atoms. The lowest BCUT2D eigenvalue weighted by Crippen LogP contribution is -2.50. The molecule has 0 aromatic heterocycles. The molecule has 1 heterocycles. The molecule has 1 aliphatic rings. The average molecular weight is 385 g/mol. The number of rotatable bonds is 4. The topological polar surface area (TPSA) is 41.6 Å². The largest absolute Gasteiger partial charge is 0.484 e. The number of nitrogens with zero attached hydrogens (tertiary/aromatic N) is 1. The first-order valence-electron chi connectivity index (χ1n) is 7.77. The Morgan fingerprint density at radius 3 is 2.84 bits per heavy atom. The number of ether oxygens (including phenoxy) is 1. The summed E-state index contributed by atoms with van der Waals surface area (Å²) in [7, 11) is 0. The smallest absolute Gasteiger partial charge is 0.261 e. The van der Waals surface area contributed by atoms with Crippen LogP contribution in [0.3, 0.4) is 0 Å². The molecule has 1 unspecified atom stereocenters. The molecule has 3 rings (SSSR count). The highest BCUT2D eigenvalue weighted by atomic mass is 35.5. The van der Waals surface area contributed by atoms with Crippen LogP contribution in [0.2, 0.25) is 5.02 Å². The van der Waals surface area contributed by atoms with Crippen LogP contribution in [-0.2, 0) is 4.79 Å². The van der Waals surface area contributed by atoms with Crippen LogP contribution >= 0.6 is 24.0 Å². The van der Waals surface area contributed by atoms with Crippen molar-refractivity contribution >= 4 is 29.9 Å². The molecule has 1 atom stereocenters. The van der Waals surface area contributed by atoms with E-state index in [1.165, 1.54) is 12.1 Å². The molecule has 0 spiro atoms. The van der Waals surface area contributed by atoms with Gasteiger partial charge in [0.2, 0.25) is 0 Å². The van der Waals surface area contributed by atoms with Crippen LogP contribution in [0.1, 0.15) is 11.6 Å². The number of amides is 1. The van der Waals surface area contributed by atoms with Crippen molar-refractivity contribution in [3.63, 3.8) is 0 Å². The molecule has 134 valence electrons. The number of nitrogens with one attached hydrogen (secondary N) is 1. The lowest BCUT2D eigenvalue weighted by molar-refractivity contribution is -0.136. The maximum absolute atomic E-state index is 13.5. The molecule has 7 heteroatoms. The molecule has 0 saturated carbocycles. The van der Waals surface area contributed by atoms with Crippen LogP contribution in [-0.4, -0.2) is 37.0 Å². The van der Waals surface area contributed by atoms with Gasteiger partial charge in [0.25, 0.3) is 5.91 Å². The molecule has 1 saturated heterocycles. The van der Waals surface area contributed by atoms with Crippen molar-refractivity contribution in [3.8, 4) is 5.75 Å². The van der Waals surface area contributed by atoms with Gasteiger partial charge in [0.15, 0.2) is 6.61 Å². The number of carbonyl (C=O) groups is 1. The fraction of sp³-hybridized carbons (Fsp3) is 0.278. The summed E-state index contributed by atoms with van der Waals surface area (Å²) in [6.45, 7) is 1.77. The van der Waals surface area contributed by atoms with Crippen molar-refractivity contribution in [1.29, 1.82) is 0 Å². The van der Waals surface area contributed by atoms with Crippen LogP contribution in [0.15, 0.2) is 48.5 Å². The zero-order valence-electron chi connectivity index (χ0n) is 13.5. The summed E-state index contributed by atoms with van der Waals surface area (Å²) in [6, 6.07) is 13.1. The third kappa shape index (κ3) is 5.08. The van der Waals surface area contributed by atoms with E-state index >= 15 is 0 Å². The Morgan fingerprint density at radius 1 is 1.28 bits per heavy atom. The lowest BCUT2D eigenvalue weighted by Gasteiger charge is -2.36. The minimum atomic E-state index is -0.305. The van der Waals surface area contributed by atoms with Crippen molar-refractivity contribution in [3.05, 3.63) is 64.9 Å². The zero-order chi connectivity index (χ0) is 16.9. The summed E-state index contributed by atoms with van der Waals surface area (Å²) >= 11 is 5.91. The van der Waals surface area contributed by atoms with E-state index in [2.05, 4.69) is 5.32 Å². The Morgan fingerprint density at radius 2 is 2.08 bits per heavy atom. The average Bonchev–Trinajstić information content (AvgIpc) is 2.60. The van der Waals surface area contributed by atoms with Gasteiger partial charge < -0.3 is 15.0 Å². The number of carbonyl (C=O) groups excluding carboxylic acids is 1. The van der Waals surface area contributed by atoms with Gasteiger partial charge in [-0.3, -0.25) is 4.79 Å². The normalized spacial score (nSPS) is 16.9. The van der Waals surface area contributed by atoms with Gasteiger partial charge in [0.05, 0.1) is 6.04 Å². The third-order valence-electron chi connectivity index (χ3n) is 3.96. The van der Waals surface area contributed by atoms with Crippen LogP contribution in [0.5, 0.6) is 5.75 Å². The van der Waals surface area contributed by atoms with E-state index in [0.29, 0.717) is 30.4 Å². The number of benzene rings is 2. The standard InChI is InChI=1S/C18H18ClFN2O2.ClH/c19-14-4-2-6-16(10-14)24-12-18(23)22-8-7-21-11-17(22)13-3-1-5-15(20)9-13;/h1-6,9-10,17,21H,7-8,11-12H2;1H. The number of hydrogen-bond donors (Lipinski definition) is 1. The first-order valence-corrected chi connectivity index (χ1v) is 8.15. The van der Waals surface area contributed by atoms with Crippen LogP contribution in [0, 0.1) is 5.82 Å². The summed E-state index contributed by atoms with van der Waals surface area (Å²) in [5, 5.41) is 3.80. The zero-order valence-corrected chi connectivity index (χ0v) is 15.0. The van der Waals surface area contributed by atoms with Crippen molar-refractivity contribution in [2.75, 3.05) is 26.2 Å². The maximum atomic E-state index is 13.5. The molecule has 2 aromatic rings. The minimum absolute atomic E-state index is 0. The SMILES string of the molecule is Cl.O=C(COc1cccc(Cl)c1)N1CCNCC1c1cccc(F)c1. The van der Waals surface area contributed by atoms with Crippen molar-refractivity contribution in [2.24, 2.45) is 0 Å². The second kappa shape index (κ2) is 9.04. The summed E-state index contributed by atoms with van der Waals surface area (Å²) in [4.78, 5) is 14.3. The minimum Gasteiger partial charge on any atom is -0.484 e. The number of piperazine rings is 1. The predicted octanol–water partition coefficient (Wildman–Crippen LogP) is 3.45. The Kier molecular flexibility index (Phi) is 7.05. The third-order valence-corrected chi connectivity index (χ3v) is 4.19. The van der Waals surface area contributed by atoms with Gasteiger partial charge in [-0.2, -0.15) is 0 Å². The number of halogens is 3. The summed E-state index contributed by atoms with van der Waals surface area (Å²) < 4.78 is 19.0. The van der Waals surface area contributed by atoms with Crippen molar-refractivity contribution in [2.45, 2.75) is 6.04 Å². The fourth-order valence-electron chi connectivity index (χ4n) is 2.80. The molecule has 1 amide bonds. The summed E-state index contributed by atoms with van der Waals surface area (Å²) in [5.74, 6) is 0.111. The second-order valence-corrected chi connectivity index (χ2v) is 6.04. The van der Waals surface area contributed by atoms with Crippen molar-refractivity contribution < 1.29 is 13.9 Å². The highest BCUT2D eigenvalue weighted by Crippen LogP contribution is 2.23. The molecule has 2 aromatic carbocycles. The highest BCUT2D eigenvalue weighted by Gasteiger charge is 2.28. The number of hydrogen-bond acceptors (Lipinski definition) is 3. The van der Waals surface area contributed by atoms with E-state index in [9.17, 15) is 9.18 Å². The molecule has 1 aliphatic heterocycles. The molecule has 0 radical (unpaired) electrons. The van der Waals surface area contributed by atoms with Crippen molar-refractivity contribution in [1.82, 2.24) is 10.2 Å². The van der Waals surface area contributed by atoms with Gasteiger partial charge in [-0.15, -0.1) is 12.4 Å². The predicted molar refractivity (Wildman–Crippen MR) is 97.9 cm³/mol. The van der Waals surface area contributed by atoms with Gasteiger partial charge in [-0.1, -0.05) is 29.8 Å². The molecule has 0 bridgehead atoms. The van der Waals surface area contributed by atoms with Gasteiger partial charge in [0.1, 0.15) is 11.6 Å². The summed E-state index contributed by atoms with van der Waals surface area (Å²) in [5.41, 5.74) is 0.776. The fourth-order valence-corrected chi connectivity index (χ4v) is 2.98. The van der Waals surface area contributed by atoms with Gasteiger partial charge >= 0.3 is 0 Å². The molecule has 1 N–H and O–H groups in total. The van der Waals surface area contributed by atoms with Crippen LogP contribution < -0.4 is 10.1 Å². The first-order chi connectivity index (χ1) is 11.6. The van der Waals surface area contributed by atoms with Crippen LogP contribution in [0.4, 0.5) is 4.39 Å². The summed E-state index contributed by atoms with van der Waals surface area (Å²) in [6.07, 6.45) is 0. The van der Waals surface area contributed by atoms with E-state index < -0.39 is 0 Å². The molecular formula is C18H19Cl2FN2O2. The lowest BCUT2D eigenvalue weighted by atomic mass is 10.0. The van der Waals surface area contributed by atoms with E-state index in [0.717, 1.165) is 5.56 Å². The first kappa shape index (κ1) is 19.5. The van der Waals surface area contributed by atoms with E-state index in [1.807, 2.05) is 6.07 Å². The highest BCUT2D eigenvalue weighted by molar-refractivity contribution is 6.30. The molecule has 1 fully saturated rings. The van der Waals surface area contributed by atoms with Gasteiger partial charge in [-0.25, -0.2) is 4.39 Å². The van der Waals surface area contributed by atoms with Crippen LogP contribution in [0.25, 0.3) is 0 Å². The Bertz CT molecular complexity index is 730. The molecule has 0 aliphatic carbocycles.